The highest BCUT2D eigenvalue weighted by molar-refractivity contribution is 5.94. The van der Waals surface area contributed by atoms with Gasteiger partial charge in [-0.25, -0.2) is 0 Å². The van der Waals surface area contributed by atoms with Crippen molar-refractivity contribution >= 4 is 5.78 Å². The second-order valence-electron chi connectivity index (χ2n) is 4.76. The van der Waals surface area contributed by atoms with Gasteiger partial charge in [-0.3, -0.25) is 4.79 Å². The Kier molecular flexibility index (Phi) is 3.39. The Balaban J connectivity index is 2.25. The first kappa shape index (κ1) is 11.3. The van der Waals surface area contributed by atoms with Crippen molar-refractivity contribution in [3.8, 4) is 0 Å². The third-order valence-electron chi connectivity index (χ3n) is 3.55. The summed E-state index contributed by atoms with van der Waals surface area (Å²) in [5.74, 6) is 1.40. The van der Waals surface area contributed by atoms with E-state index in [0.29, 0.717) is 11.8 Å². The molecule has 1 fully saturated rings. The molecule has 2 nitrogen and oxygen atoms in total. The first-order valence-corrected chi connectivity index (χ1v) is 6.00. The molecule has 0 radical (unpaired) electrons. The number of benzene rings is 1. The summed E-state index contributed by atoms with van der Waals surface area (Å²) < 4.78 is 0. The average Bonchev–Trinajstić information content (AvgIpc) is 2.30. The van der Waals surface area contributed by atoms with Crippen molar-refractivity contribution in [2.75, 3.05) is 13.1 Å². The standard InChI is InChI=1S/C14H19NO/c1-10-6-7-15-9-14(10)13-5-3-4-12(8-13)11(2)16/h3-5,8,10,14-15H,6-7,9H2,1-2H3. The van der Waals surface area contributed by atoms with Crippen LogP contribution in [-0.2, 0) is 0 Å². The maximum Gasteiger partial charge on any atom is 0.159 e. The molecule has 1 aliphatic heterocycles. The SMILES string of the molecule is CC(=O)c1cccc(C2CNCCC2C)c1. The number of ketones is 1. The highest BCUT2D eigenvalue weighted by atomic mass is 16.1. The highest BCUT2D eigenvalue weighted by Gasteiger charge is 2.22. The predicted octanol–water partition coefficient (Wildman–Crippen LogP) is 2.60. The Morgan fingerprint density at radius 1 is 1.44 bits per heavy atom. The molecule has 1 aliphatic rings. The van der Waals surface area contributed by atoms with Gasteiger partial charge in [-0.15, -0.1) is 0 Å². The first-order valence-electron chi connectivity index (χ1n) is 6.00. The van der Waals surface area contributed by atoms with E-state index < -0.39 is 0 Å². The van der Waals surface area contributed by atoms with Crippen LogP contribution < -0.4 is 5.32 Å². The van der Waals surface area contributed by atoms with E-state index in [1.807, 2.05) is 12.1 Å². The van der Waals surface area contributed by atoms with Gasteiger partial charge < -0.3 is 5.32 Å². The molecule has 86 valence electrons. The molecule has 1 saturated heterocycles. The van der Waals surface area contributed by atoms with E-state index in [1.165, 1.54) is 12.0 Å². The van der Waals surface area contributed by atoms with Crippen molar-refractivity contribution < 1.29 is 4.79 Å². The van der Waals surface area contributed by atoms with E-state index in [4.69, 9.17) is 0 Å². The minimum absolute atomic E-state index is 0.151. The monoisotopic (exact) mass is 217 g/mol. The summed E-state index contributed by atoms with van der Waals surface area (Å²) in [6.45, 7) is 6.07. The normalized spacial score (nSPS) is 25.4. The number of rotatable bonds is 2. The zero-order chi connectivity index (χ0) is 11.5. The van der Waals surface area contributed by atoms with Gasteiger partial charge in [-0.05, 0) is 43.4 Å². The van der Waals surface area contributed by atoms with E-state index in [9.17, 15) is 4.79 Å². The van der Waals surface area contributed by atoms with Gasteiger partial charge >= 0.3 is 0 Å². The fourth-order valence-corrected chi connectivity index (χ4v) is 2.42. The Labute approximate surface area is 97.1 Å². The minimum atomic E-state index is 0.151. The van der Waals surface area contributed by atoms with Crippen LogP contribution in [0, 0.1) is 5.92 Å². The van der Waals surface area contributed by atoms with Gasteiger partial charge in [0.1, 0.15) is 0 Å². The van der Waals surface area contributed by atoms with Crippen LogP contribution in [0.25, 0.3) is 0 Å². The summed E-state index contributed by atoms with van der Waals surface area (Å²) >= 11 is 0. The van der Waals surface area contributed by atoms with E-state index in [2.05, 4.69) is 24.4 Å². The predicted molar refractivity (Wildman–Crippen MR) is 65.8 cm³/mol. The zero-order valence-electron chi connectivity index (χ0n) is 9.99. The molecule has 16 heavy (non-hydrogen) atoms. The number of carbonyl (C=O) groups is 1. The Bertz CT molecular complexity index is 386. The quantitative estimate of drug-likeness (QED) is 0.771. The molecule has 2 rings (SSSR count). The Morgan fingerprint density at radius 2 is 2.25 bits per heavy atom. The molecule has 0 spiro atoms. The fourth-order valence-electron chi connectivity index (χ4n) is 2.42. The molecule has 0 bridgehead atoms. The van der Waals surface area contributed by atoms with Gasteiger partial charge in [0.15, 0.2) is 5.78 Å². The van der Waals surface area contributed by atoms with E-state index in [0.717, 1.165) is 18.7 Å². The number of piperidine rings is 1. The summed E-state index contributed by atoms with van der Waals surface area (Å²) in [5.41, 5.74) is 2.13. The van der Waals surface area contributed by atoms with Crippen LogP contribution in [-0.4, -0.2) is 18.9 Å². The number of Topliss-reactive ketones (excluding diaryl/α,β-unsaturated/α-hetero) is 1. The van der Waals surface area contributed by atoms with Gasteiger partial charge in [-0.1, -0.05) is 25.1 Å². The lowest BCUT2D eigenvalue weighted by Gasteiger charge is -2.30. The second kappa shape index (κ2) is 4.79. The lowest BCUT2D eigenvalue weighted by atomic mass is 9.82. The second-order valence-corrected chi connectivity index (χ2v) is 4.76. The molecular formula is C14H19NO. The molecular weight excluding hydrogens is 198 g/mol. The van der Waals surface area contributed by atoms with Gasteiger partial charge in [-0.2, -0.15) is 0 Å². The molecule has 0 aromatic heterocycles. The Morgan fingerprint density at radius 3 is 2.94 bits per heavy atom. The highest BCUT2D eigenvalue weighted by Crippen LogP contribution is 2.29. The molecule has 2 atom stereocenters. The fraction of sp³-hybridized carbons (Fsp3) is 0.500. The molecule has 0 saturated carbocycles. The molecule has 2 unspecified atom stereocenters. The van der Waals surface area contributed by atoms with Crippen LogP contribution in [0.5, 0.6) is 0 Å². The lowest BCUT2D eigenvalue weighted by molar-refractivity contribution is 0.101. The number of nitrogens with one attached hydrogen (secondary N) is 1. The van der Waals surface area contributed by atoms with Crippen molar-refractivity contribution in [2.45, 2.75) is 26.2 Å². The van der Waals surface area contributed by atoms with Crippen LogP contribution in [0.2, 0.25) is 0 Å². The van der Waals surface area contributed by atoms with Crippen molar-refractivity contribution in [1.82, 2.24) is 5.32 Å². The topological polar surface area (TPSA) is 29.1 Å². The molecule has 0 amide bonds. The van der Waals surface area contributed by atoms with Gasteiger partial charge in [0.2, 0.25) is 0 Å². The summed E-state index contributed by atoms with van der Waals surface area (Å²) in [5, 5.41) is 3.43. The van der Waals surface area contributed by atoms with Crippen molar-refractivity contribution in [3.63, 3.8) is 0 Å². The molecule has 1 heterocycles. The third kappa shape index (κ3) is 2.33. The van der Waals surface area contributed by atoms with Crippen molar-refractivity contribution in [3.05, 3.63) is 35.4 Å². The number of hydrogen-bond acceptors (Lipinski definition) is 2. The molecule has 1 N–H and O–H groups in total. The van der Waals surface area contributed by atoms with Gasteiger partial charge in [0.25, 0.3) is 0 Å². The summed E-state index contributed by atoms with van der Waals surface area (Å²) in [4.78, 5) is 11.3. The summed E-state index contributed by atoms with van der Waals surface area (Å²) in [7, 11) is 0. The maximum atomic E-state index is 11.3. The van der Waals surface area contributed by atoms with Crippen LogP contribution in [0.3, 0.4) is 0 Å². The van der Waals surface area contributed by atoms with Crippen LogP contribution in [0.15, 0.2) is 24.3 Å². The third-order valence-corrected chi connectivity index (χ3v) is 3.55. The largest absolute Gasteiger partial charge is 0.316 e. The van der Waals surface area contributed by atoms with E-state index >= 15 is 0 Å². The number of carbonyl (C=O) groups excluding carboxylic acids is 1. The average molecular weight is 217 g/mol. The molecule has 1 aromatic rings. The van der Waals surface area contributed by atoms with Gasteiger partial charge in [0, 0.05) is 12.1 Å². The van der Waals surface area contributed by atoms with Crippen LogP contribution in [0.4, 0.5) is 0 Å². The number of hydrogen-bond donors (Lipinski definition) is 1. The van der Waals surface area contributed by atoms with E-state index in [-0.39, 0.29) is 5.78 Å². The van der Waals surface area contributed by atoms with Crippen molar-refractivity contribution in [2.24, 2.45) is 5.92 Å². The minimum Gasteiger partial charge on any atom is -0.316 e. The molecule has 1 aromatic carbocycles. The summed E-state index contributed by atoms with van der Waals surface area (Å²) in [6, 6.07) is 8.08. The van der Waals surface area contributed by atoms with Crippen molar-refractivity contribution in [1.29, 1.82) is 0 Å². The van der Waals surface area contributed by atoms with Crippen LogP contribution in [0.1, 0.15) is 42.1 Å². The van der Waals surface area contributed by atoms with Gasteiger partial charge in [0.05, 0.1) is 0 Å². The lowest BCUT2D eigenvalue weighted by Crippen LogP contribution is -2.33. The molecule has 0 aliphatic carbocycles. The summed E-state index contributed by atoms with van der Waals surface area (Å²) in [6.07, 6.45) is 1.22. The first-order chi connectivity index (χ1) is 7.68. The van der Waals surface area contributed by atoms with E-state index in [1.54, 1.807) is 6.92 Å². The smallest absolute Gasteiger partial charge is 0.159 e. The van der Waals surface area contributed by atoms with Crippen LogP contribution >= 0.6 is 0 Å². The zero-order valence-corrected chi connectivity index (χ0v) is 9.99. The molecule has 2 heteroatoms. The maximum absolute atomic E-state index is 11.3. The Hall–Kier alpha value is -1.15.